The summed E-state index contributed by atoms with van der Waals surface area (Å²) in [5.74, 6) is 0.576. The smallest absolute Gasteiger partial charge is 0.230 e. The Kier molecular flexibility index (Phi) is 7.83. The minimum Gasteiger partial charge on any atom is -0.375 e. The summed E-state index contributed by atoms with van der Waals surface area (Å²) in [4.78, 5) is 10.9. The molecule has 0 aliphatic carbocycles. The van der Waals surface area contributed by atoms with Gasteiger partial charge in [0.2, 0.25) is 5.91 Å². The van der Waals surface area contributed by atoms with E-state index in [0.29, 0.717) is 25.5 Å². The molecule has 0 radical (unpaired) electrons. The molecule has 0 unspecified atom stereocenters. The highest BCUT2D eigenvalue weighted by molar-refractivity contribution is 7.99. The van der Waals surface area contributed by atoms with Crippen LogP contribution in [0.5, 0.6) is 0 Å². The minimum atomic E-state index is 0.0615. The van der Waals surface area contributed by atoms with E-state index in [4.69, 9.17) is 4.74 Å². The molecule has 0 aromatic rings. The third kappa shape index (κ3) is 9.43. The van der Waals surface area contributed by atoms with Gasteiger partial charge in [-0.1, -0.05) is 12.2 Å². The van der Waals surface area contributed by atoms with Gasteiger partial charge in [-0.15, -0.1) is 0 Å². The highest BCUT2D eigenvalue weighted by atomic mass is 32.2. The Morgan fingerprint density at radius 2 is 2.31 bits per heavy atom. The van der Waals surface area contributed by atoms with E-state index >= 15 is 0 Å². The van der Waals surface area contributed by atoms with E-state index in [1.165, 1.54) is 11.8 Å². The van der Waals surface area contributed by atoms with Gasteiger partial charge in [-0.2, -0.15) is 11.8 Å². The average Bonchev–Trinajstić information content (AvgIpc) is 2.03. The molecule has 1 amide bonds. The second kappa shape index (κ2) is 8.13. The molecule has 0 aromatic heterocycles. The van der Waals surface area contributed by atoms with Gasteiger partial charge in [0.05, 0.1) is 19.0 Å². The number of nitrogens with one attached hydrogen (secondary N) is 1. The summed E-state index contributed by atoms with van der Waals surface area (Å²) in [6.07, 6.45) is 1.90. The summed E-state index contributed by atoms with van der Waals surface area (Å²) >= 11 is 1.51. The SMILES string of the molecule is C=C(C)COCCNC(=O)CSC. The zero-order valence-corrected chi connectivity index (χ0v) is 9.08. The van der Waals surface area contributed by atoms with Crippen LogP contribution < -0.4 is 5.32 Å². The molecule has 0 saturated carbocycles. The summed E-state index contributed by atoms with van der Waals surface area (Å²) in [5.41, 5.74) is 0.996. The zero-order chi connectivity index (χ0) is 10.1. The lowest BCUT2D eigenvalue weighted by molar-refractivity contribution is -0.118. The Morgan fingerprint density at radius 3 is 2.85 bits per heavy atom. The van der Waals surface area contributed by atoms with Crippen LogP contribution >= 0.6 is 11.8 Å². The number of thioether (sulfide) groups is 1. The van der Waals surface area contributed by atoms with Crippen LogP contribution in [0.25, 0.3) is 0 Å². The molecule has 0 bridgehead atoms. The van der Waals surface area contributed by atoms with Crippen LogP contribution in [-0.2, 0) is 9.53 Å². The number of carbonyl (C=O) groups excluding carboxylic acids is 1. The first-order chi connectivity index (χ1) is 6.16. The fraction of sp³-hybridized carbons (Fsp3) is 0.667. The molecule has 0 spiro atoms. The van der Waals surface area contributed by atoms with Gasteiger partial charge in [-0.3, -0.25) is 4.79 Å². The monoisotopic (exact) mass is 203 g/mol. The number of rotatable bonds is 7. The van der Waals surface area contributed by atoms with Crippen molar-refractivity contribution in [3.8, 4) is 0 Å². The fourth-order valence-corrected chi connectivity index (χ4v) is 1.06. The molecule has 76 valence electrons. The van der Waals surface area contributed by atoms with Crippen molar-refractivity contribution in [2.75, 3.05) is 31.8 Å². The lowest BCUT2D eigenvalue weighted by Crippen LogP contribution is -2.28. The van der Waals surface area contributed by atoms with Gasteiger partial charge in [0.25, 0.3) is 0 Å². The van der Waals surface area contributed by atoms with Gasteiger partial charge in [0, 0.05) is 6.54 Å². The first-order valence-electron chi connectivity index (χ1n) is 4.14. The molecule has 1 N–H and O–H groups in total. The van der Waals surface area contributed by atoms with Crippen molar-refractivity contribution in [1.82, 2.24) is 5.32 Å². The molecule has 13 heavy (non-hydrogen) atoms. The quantitative estimate of drug-likeness (QED) is 0.496. The van der Waals surface area contributed by atoms with Crippen molar-refractivity contribution < 1.29 is 9.53 Å². The molecular formula is C9H17NO2S. The second-order valence-electron chi connectivity index (χ2n) is 2.79. The number of carbonyl (C=O) groups is 1. The molecule has 0 atom stereocenters. The van der Waals surface area contributed by atoms with Gasteiger partial charge in [0.15, 0.2) is 0 Å². The molecule has 0 rings (SSSR count). The normalized spacial score (nSPS) is 9.69. The van der Waals surface area contributed by atoms with Gasteiger partial charge in [-0.05, 0) is 13.2 Å². The summed E-state index contributed by atoms with van der Waals surface area (Å²) in [6, 6.07) is 0. The van der Waals surface area contributed by atoms with E-state index in [1.807, 2.05) is 13.2 Å². The summed E-state index contributed by atoms with van der Waals surface area (Å²) < 4.78 is 5.20. The third-order valence-electron chi connectivity index (χ3n) is 1.19. The molecule has 0 aliphatic rings. The van der Waals surface area contributed by atoms with Crippen molar-refractivity contribution in [2.45, 2.75) is 6.92 Å². The number of hydrogen-bond acceptors (Lipinski definition) is 3. The first-order valence-corrected chi connectivity index (χ1v) is 5.54. The molecule has 0 aliphatic heterocycles. The molecule has 0 heterocycles. The van der Waals surface area contributed by atoms with Crippen molar-refractivity contribution in [3.63, 3.8) is 0 Å². The maximum absolute atomic E-state index is 10.9. The maximum Gasteiger partial charge on any atom is 0.230 e. The van der Waals surface area contributed by atoms with E-state index in [0.717, 1.165) is 5.57 Å². The van der Waals surface area contributed by atoms with Crippen LogP contribution in [0, 0.1) is 0 Å². The standard InChI is InChI=1S/C9H17NO2S/c1-8(2)6-12-5-4-10-9(11)7-13-3/h1,4-7H2,2-3H3,(H,10,11). The van der Waals surface area contributed by atoms with E-state index in [2.05, 4.69) is 11.9 Å². The molecule has 4 heteroatoms. The summed E-state index contributed by atoms with van der Waals surface area (Å²) in [6.45, 7) is 7.30. The minimum absolute atomic E-state index is 0.0615. The van der Waals surface area contributed by atoms with Crippen LogP contribution in [-0.4, -0.2) is 37.7 Å². The number of hydrogen-bond donors (Lipinski definition) is 1. The van der Waals surface area contributed by atoms with Crippen LogP contribution in [0.4, 0.5) is 0 Å². The molecule has 3 nitrogen and oxygen atoms in total. The second-order valence-corrected chi connectivity index (χ2v) is 3.66. The maximum atomic E-state index is 10.9. The van der Waals surface area contributed by atoms with Crippen molar-refractivity contribution >= 4 is 17.7 Å². The van der Waals surface area contributed by atoms with Crippen LogP contribution in [0.3, 0.4) is 0 Å². The fourth-order valence-electron chi connectivity index (χ4n) is 0.691. The van der Waals surface area contributed by atoms with Crippen molar-refractivity contribution in [2.24, 2.45) is 0 Å². The highest BCUT2D eigenvalue weighted by Crippen LogP contribution is 1.89. The predicted octanol–water partition coefficient (Wildman–Crippen LogP) is 1.06. The first kappa shape index (κ1) is 12.5. The lowest BCUT2D eigenvalue weighted by atomic mass is 10.4. The highest BCUT2D eigenvalue weighted by Gasteiger charge is 1.97. The number of ether oxygens (including phenoxy) is 1. The molecule has 0 saturated heterocycles. The van der Waals surface area contributed by atoms with Gasteiger partial charge < -0.3 is 10.1 Å². The van der Waals surface area contributed by atoms with Gasteiger partial charge in [0.1, 0.15) is 0 Å². The van der Waals surface area contributed by atoms with Crippen LogP contribution in [0.2, 0.25) is 0 Å². The lowest BCUT2D eigenvalue weighted by Gasteiger charge is -2.05. The van der Waals surface area contributed by atoms with Gasteiger partial charge >= 0.3 is 0 Å². The van der Waals surface area contributed by atoms with Crippen LogP contribution in [0.15, 0.2) is 12.2 Å². The Hall–Kier alpha value is -0.480. The van der Waals surface area contributed by atoms with Gasteiger partial charge in [-0.25, -0.2) is 0 Å². The van der Waals surface area contributed by atoms with Crippen molar-refractivity contribution in [1.29, 1.82) is 0 Å². The molecule has 0 fully saturated rings. The zero-order valence-electron chi connectivity index (χ0n) is 8.26. The van der Waals surface area contributed by atoms with E-state index in [1.54, 1.807) is 0 Å². The molecular weight excluding hydrogens is 186 g/mol. The van der Waals surface area contributed by atoms with E-state index in [9.17, 15) is 4.79 Å². The Morgan fingerprint density at radius 1 is 1.62 bits per heavy atom. The summed E-state index contributed by atoms with van der Waals surface area (Å²) in [7, 11) is 0. The van der Waals surface area contributed by atoms with Crippen LogP contribution in [0.1, 0.15) is 6.92 Å². The number of amides is 1. The molecule has 0 aromatic carbocycles. The largest absolute Gasteiger partial charge is 0.375 e. The topological polar surface area (TPSA) is 38.3 Å². The predicted molar refractivity (Wildman–Crippen MR) is 57.0 cm³/mol. The summed E-state index contributed by atoms with van der Waals surface area (Å²) in [5, 5.41) is 2.74. The van der Waals surface area contributed by atoms with E-state index < -0.39 is 0 Å². The Labute approximate surface area is 83.9 Å². The Bertz CT molecular complexity index is 171. The average molecular weight is 203 g/mol. The van der Waals surface area contributed by atoms with Crippen molar-refractivity contribution in [3.05, 3.63) is 12.2 Å². The third-order valence-corrected chi connectivity index (χ3v) is 1.74. The Balaban J connectivity index is 3.16. The van der Waals surface area contributed by atoms with E-state index in [-0.39, 0.29) is 5.91 Å².